The van der Waals surface area contributed by atoms with E-state index in [0.29, 0.717) is 11.3 Å². The number of methoxy groups -OCH3 is 1. The predicted molar refractivity (Wildman–Crippen MR) is 94.7 cm³/mol. The smallest absolute Gasteiger partial charge is 0.354 e. The van der Waals surface area contributed by atoms with Gasteiger partial charge in [-0.25, -0.2) is 9.59 Å². The summed E-state index contributed by atoms with van der Waals surface area (Å²) in [6, 6.07) is 6.71. The number of rotatable bonds is 5. The first-order valence-electron chi connectivity index (χ1n) is 8.81. The summed E-state index contributed by atoms with van der Waals surface area (Å²) in [5.74, 6) is -2.06. The van der Waals surface area contributed by atoms with E-state index in [0.717, 1.165) is 0 Å². The first-order valence-corrected chi connectivity index (χ1v) is 8.81. The van der Waals surface area contributed by atoms with Crippen LogP contribution in [-0.4, -0.2) is 54.6 Å². The number of hydrogen-bond acceptors (Lipinski definition) is 6. The molecule has 2 amide bonds. The number of benzene rings is 1. The molecule has 2 heterocycles. The number of ether oxygens (including phenoxy) is 2. The highest BCUT2D eigenvalue weighted by Crippen LogP contribution is 2.45. The zero-order valence-corrected chi connectivity index (χ0v) is 15.6. The molecule has 0 saturated carbocycles. The second-order valence-corrected chi connectivity index (χ2v) is 7.02. The minimum absolute atomic E-state index is 0.0575. The van der Waals surface area contributed by atoms with Gasteiger partial charge in [-0.3, -0.25) is 14.5 Å². The van der Waals surface area contributed by atoms with Gasteiger partial charge in [0.15, 0.2) is 6.61 Å². The van der Waals surface area contributed by atoms with E-state index in [-0.39, 0.29) is 37.1 Å². The summed E-state index contributed by atoms with van der Waals surface area (Å²) >= 11 is 0. The highest BCUT2D eigenvalue weighted by atomic mass is 16.6. The molecular weight excluding hydrogens is 352 g/mol. The topological polar surface area (TPSA) is 93.2 Å². The standard InChI is InChI=1S/C19H22N2O6/c1-12(2)10-20-17(24)13-6-4-5-7-14(13)21-15(22)8-9-19(20,21)18(25)27-11-16(23)26-3/h4-7,12H,8-11H2,1-3H3. The van der Waals surface area contributed by atoms with Crippen molar-refractivity contribution in [2.75, 3.05) is 25.2 Å². The Labute approximate surface area is 157 Å². The molecule has 1 saturated heterocycles. The van der Waals surface area contributed by atoms with Gasteiger partial charge >= 0.3 is 11.9 Å². The van der Waals surface area contributed by atoms with Crippen LogP contribution >= 0.6 is 0 Å². The Bertz CT molecular complexity index is 805. The van der Waals surface area contributed by atoms with E-state index in [1.807, 2.05) is 13.8 Å². The minimum atomic E-state index is -1.58. The third-order valence-corrected chi connectivity index (χ3v) is 4.80. The lowest BCUT2D eigenvalue weighted by atomic mass is 9.95. The van der Waals surface area contributed by atoms with E-state index in [2.05, 4.69) is 4.74 Å². The number of amides is 2. The molecule has 1 aromatic rings. The maximum atomic E-state index is 13.2. The lowest BCUT2D eigenvalue weighted by Gasteiger charge is -2.48. The summed E-state index contributed by atoms with van der Waals surface area (Å²) in [4.78, 5) is 53.2. The van der Waals surface area contributed by atoms with Crippen molar-refractivity contribution in [3.63, 3.8) is 0 Å². The Hall–Kier alpha value is -2.90. The van der Waals surface area contributed by atoms with Gasteiger partial charge in [-0.05, 0) is 18.1 Å². The summed E-state index contributed by atoms with van der Waals surface area (Å²) in [5.41, 5.74) is -0.828. The van der Waals surface area contributed by atoms with Crippen LogP contribution in [0.1, 0.15) is 37.0 Å². The molecule has 3 rings (SSSR count). The molecular formula is C19H22N2O6. The predicted octanol–water partition coefficient (Wildman–Crippen LogP) is 1.34. The van der Waals surface area contributed by atoms with Crippen molar-refractivity contribution < 1.29 is 28.7 Å². The second-order valence-electron chi connectivity index (χ2n) is 7.02. The Morgan fingerprint density at radius 2 is 1.93 bits per heavy atom. The zero-order chi connectivity index (χ0) is 19.8. The van der Waals surface area contributed by atoms with Crippen molar-refractivity contribution in [2.24, 2.45) is 5.92 Å². The molecule has 8 nitrogen and oxygen atoms in total. The Kier molecular flexibility index (Phi) is 4.91. The van der Waals surface area contributed by atoms with Crippen LogP contribution in [0, 0.1) is 5.92 Å². The van der Waals surface area contributed by atoms with Crippen LogP contribution in [0.2, 0.25) is 0 Å². The molecule has 1 atom stereocenters. The number of hydrogen-bond donors (Lipinski definition) is 0. The quantitative estimate of drug-likeness (QED) is 0.722. The van der Waals surface area contributed by atoms with Crippen LogP contribution in [-0.2, 0) is 23.9 Å². The molecule has 8 heteroatoms. The fourth-order valence-electron chi connectivity index (χ4n) is 3.66. The van der Waals surface area contributed by atoms with Crippen LogP contribution in [0.4, 0.5) is 5.69 Å². The molecule has 2 aliphatic heterocycles. The van der Waals surface area contributed by atoms with Crippen LogP contribution in [0.5, 0.6) is 0 Å². The van der Waals surface area contributed by atoms with Crippen LogP contribution < -0.4 is 4.90 Å². The number of nitrogens with zero attached hydrogens (tertiary/aromatic N) is 2. The average molecular weight is 374 g/mol. The van der Waals surface area contributed by atoms with Gasteiger partial charge in [-0.1, -0.05) is 26.0 Å². The molecule has 0 radical (unpaired) electrons. The number of fused-ring (bicyclic) bond motifs is 3. The average Bonchev–Trinajstić information content (AvgIpc) is 3.01. The molecule has 0 N–H and O–H groups in total. The molecule has 0 aliphatic carbocycles. The van der Waals surface area contributed by atoms with Crippen LogP contribution in [0.25, 0.3) is 0 Å². The van der Waals surface area contributed by atoms with Crippen LogP contribution in [0.15, 0.2) is 24.3 Å². The summed E-state index contributed by atoms with van der Waals surface area (Å²) in [6.45, 7) is 3.53. The zero-order valence-electron chi connectivity index (χ0n) is 15.6. The summed E-state index contributed by atoms with van der Waals surface area (Å²) in [6.07, 6.45) is 0.210. The largest absolute Gasteiger partial charge is 0.466 e. The van der Waals surface area contributed by atoms with E-state index in [1.54, 1.807) is 24.3 Å². The van der Waals surface area contributed by atoms with Gasteiger partial charge < -0.3 is 14.4 Å². The summed E-state index contributed by atoms with van der Waals surface area (Å²) in [5, 5.41) is 0. The van der Waals surface area contributed by atoms with E-state index in [9.17, 15) is 19.2 Å². The first-order chi connectivity index (χ1) is 12.8. The first kappa shape index (κ1) is 18.9. The monoisotopic (exact) mass is 374 g/mol. The lowest BCUT2D eigenvalue weighted by molar-refractivity contribution is -0.165. The SMILES string of the molecule is COC(=O)COC(=O)C12CCC(=O)N1c1ccccc1C(=O)N2CC(C)C. The Balaban J connectivity index is 2.11. The molecule has 0 spiro atoms. The van der Waals surface area contributed by atoms with Crippen molar-refractivity contribution >= 4 is 29.4 Å². The third kappa shape index (κ3) is 2.94. The van der Waals surface area contributed by atoms with Gasteiger partial charge in [-0.2, -0.15) is 0 Å². The van der Waals surface area contributed by atoms with Gasteiger partial charge in [0, 0.05) is 19.4 Å². The molecule has 1 aromatic carbocycles. The van der Waals surface area contributed by atoms with Gasteiger partial charge in [0.1, 0.15) is 0 Å². The lowest BCUT2D eigenvalue weighted by Crippen LogP contribution is -2.69. The number of carbonyl (C=O) groups excluding carboxylic acids is 4. The second kappa shape index (κ2) is 7.02. The molecule has 2 aliphatic rings. The van der Waals surface area contributed by atoms with Gasteiger partial charge in [0.05, 0.1) is 18.4 Å². The van der Waals surface area contributed by atoms with Gasteiger partial charge in [0.2, 0.25) is 11.6 Å². The number of para-hydroxylation sites is 1. The fourth-order valence-corrected chi connectivity index (χ4v) is 3.66. The molecule has 144 valence electrons. The van der Waals surface area contributed by atoms with Gasteiger partial charge in [0.25, 0.3) is 5.91 Å². The van der Waals surface area contributed by atoms with Gasteiger partial charge in [-0.15, -0.1) is 0 Å². The third-order valence-electron chi connectivity index (χ3n) is 4.80. The summed E-state index contributed by atoms with van der Waals surface area (Å²) in [7, 11) is 1.19. The number of esters is 2. The van der Waals surface area contributed by atoms with Crippen molar-refractivity contribution in [3.8, 4) is 0 Å². The molecule has 1 unspecified atom stereocenters. The number of carbonyl (C=O) groups is 4. The maximum Gasteiger partial charge on any atom is 0.354 e. The maximum absolute atomic E-state index is 13.2. The molecule has 0 bridgehead atoms. The minimum Gasteiger partial charge on any atom is -0.466 e. The highest BCUT2D eigenvalue weighted by molar-refractivity contribution is 6.15. The van der Waals surface area contributed by atoms with E-state index < -0.39 is 24.2 Å². The van der Waals surface area contributed by atoms with Crippen molar-refractivity contribution in [1.29, 1.82) is 0 Å². The highest BCUT2D eigenvalue weighted by Gasteiger charge is 2.62. The molecule has 1 fully saturated rings. The molecule has 27 heavy (non-hydrogen) atoms. The van der Waals surface area contributed by atoms with Crippen LogP contribution in [0.3, 0.4) is 0 Å². The Morgan fingerprint density at radius 1 is 1.22 bits per heavy atom. The van der Waals surface area contributed by atoms with Crippen molar-refractivity contribution in [2.45, 2.75) is 32.4 Å². The van der Waals surface area contributed by atoms with E-state index in [1.165, 1.54) is 16.9 Å². The van der Waals surface area contributed by atoms with E-state index >= 15 is 0 Å². The summed E-state index contributed by atoms with van der Waals surface area (Å²) < 4.78 is 9.67. The Morgan fingerprint density at radius 3 is 2.59 bits per heavy atom. The fraction of sp³-hybridized carbons (Fsp3) is 0.474. The van der Waals surface area contributed by atoms with E-state index in [4.69, 9.17) is 4.74 Å². The van der Waals surface area contributed by atoms with Crippen molar-refractivity contribution in [3.05, 3.63) is 29.8 Å². The normalized spacial score (nSPS) is 21.2. The number of anilines is 1. The molecule has 0 aromatic heterocycles. The van der Waals surface area contributed by atoms with Crippen molar-refractivity contribution in [1.82, 2.24) is 4.90 Å².